The van der Waals surface area contributed by atoms with Gasteiger partial charge in [-0.25, -0.2) is 0 Å². The Balaban J connectivity index is 2.12. The van der Waals surface area contributed by atoms with Crippen LogP contribution >= 0.6 is 0 Å². The first-order chi connectivity index (χ1) is 10.2. The summed E-state index contributed by atoms with van der Waals surface area (Å²) in [6.45, 7) is 0.345. The molecule has 1 fully saturated rings. The molecule has 2 N–H and O–H groups in total. The second-order valence-corrected chi connectivity index (χ2v) is 5.04. The molecule has 0 radical (unpaired) electrons. The number of halogens is 3. The predicted octanol–water partition coefficient (Wildman–Crippen LogP) is 1.46. The summed E-state index contributed by atoms with van der Waals surface area (Å²) in [5.41, 5.74) is -2.23. The molecule has 2 rings (SSSR count). The second-order valence-electron chi connectivity index (χ2n) is 5.04. The zero-order chi connectivity index (χ0) is 16.4. The number of hydrogen-bond acceptors (Lipinski definition) is 4. The van der Waals surface area contributed by atoms with Gasteiger partial charge in [-0.2, -0.15) is 13.2 Å². The SMILES string of the molecule is O=C(O)CC1(NC(=O)c2ccc(C(F)(F)F)nc2)CCOC1. The molecule has 0 aromatic carbocycles. The standard InChI is InChI=1S/C13H13F3N2O4/c14-13(15,16)9-2-1-8(6-17-9)11(21)18-12(5-10(19)20)3-4-22-7-12/h1-2,6H,3-5,7H2,(H,18,21)(H,19,20). The summed E-state index contributed by atoms with van der Waals surface area (Å²) in [4.78, 5) is 26.2. The van der Waals surface area contributed by atoms with Gasteiger partial charge in [0.2, 0.25) is 0 Å². The number of pyridine rings is 1. The predicted molar refractivity (Wildman–Crippen MR) is 67.1 cm³/mol. The van der Waals surface area contributed by atoms with Crippen LogP contribution in [0.2, 0.25) is 0 Å². The van der Waals surface area contributed by atoms with Crippen LogP contribution < -0.4 is 5.32 Å². The van der Waals surface area contributed by atoms with E-state index in [0.29, 0.717) is 19.1 Å². The van der Waals surface area contributed by atoms with Gasteiger partial charge in [-0.05, 0) is 18.6 Å². The van der Waals surface area contributed by atoms with Gasteiger partial charge in [0, 0.05) is 12.8 Å². The molecule has 0 bridgehead atoms. The third kappa shape index (κ3) is 3.73. The van der Waals surface area contributed by atoms with Crippen LogP contribution in [0.3, 0.4) is 0 Å². The maximum atomic E-state index is 12.4. The lowest BCUT2D eigenvalue weighted by Gasteiger charge is -2.26. The van der Waals surface area contributed by atoms with E-state index in [2.05, 4.69) is 10.3 Å². The molecule has 0 spiro atoms. The zero-order valence-electron chi connectivity index (χ0n) is 11.3. The molecule has 120 valence electrons. The number of carbonyl (C=O) groups excluding carboxylic acids is 1. The fourth-order valence-electron chi connectivity index (χ4n) is 2.19. The van der Waals surface area contributed by atoms with E-state index in [1.54, 1.807) is 0 Å². The summed E-state index contributed by atoms with van der Waals surface area (Å²) in [5.74, 6) is -1.79. The average Bonchev–Trinajstić information content (AvgIpc) is 2.85. The molecule has 1 atom stereocenters. The summed E-state index contributed by atoms with van der Waals surface area (Å²) in [6.07, 6.45) is -3.78. The minimum absolute atomic E-state index is 0.0408. The third-order valence-corrected chi connectivity index (χ3v) is 3.29. The summed E-state index contributed by atoms with van der Waals surface area (Å²) in [5, 5.41) is 11.4. The molecule has 1 aromatic rings. The van der Waals surface area contributed by atoms with Crippen LogP contribution in [-0.2, 0) is 15.7 Å². The van der Waals surface area contributed by atoms with Gasteiger partial charge < -0.3 is 15.2 Å². The van der Waals surface area contributed by atoms with E-state index >= 15 is 0 Å². The number of carboxylic acids is 1. The molecule has 1 unspecified atom stereocenters. The van der Waals surface area contributed by atoms with Crippen molar-refractivity contribution < 1.29 is 32.6 Å². The van der Waals surface area contributed by atoms with E-state index in [-0.39, 0.29) is 18.6 Å². The highest BCUT2D eigenvalue weighted by Gasteiger charge is 2.39. The molecule has 1 aliphatic heterocycles. The Hall–Kier alpha value is -2.16. The van der Waals surface area contributed by atoms with Crippen LogP contribution in [-0.4, -0.2) is 40.7 Å². The van der Waals surface area contributed by atoms with E-state index in [9.17, 15) is 22.8 Å². The third-order valence-electron chi connectivity index (χ3n) is 3.29. The molecule has 0 aliphatic carbocycles. The normalized spacial score (nSPS) is 21.6. The van der Waals surface area contributed by atoms with Crippen molar-refractivity contribution >= 4 is 11.9 Å². The summed E-state index contributed by atoms with van der Waals surface area (Å²) in [6, 6.07) is 1.69. The number of nitrogens with zero attached hydrogens (tertiary/aromatic N) is 1. The summed E-state index contributed by atoms with van der Waals surface area (Å²) in [7, 11) is 0. The molecule has 0 saturated carbocycles. The molecule has 1 aliphatic rings. The number of alkyl halides is 3. The van der Waals surface area contributed by atoms with Gasteiger partial charge in [-0.15, -0.1) is 0 Å². The number of aliphatic carboxylic acids is 1. The van der Waals surface area contributed by atoms with Crippen molar-refractivity contribution in [3.8, 4) is 0 Å². The Morgan fingerprint density at radius 1 is 1.41 bits per heavy atom. The fraction of sp³-hybridized carbons (Fsp3) is 0.462. The quantitative estimate of drug-likeness (QED) is 0.877. The maximum Gasteiger partial charge on any atom is 0.433 e. The van der Waals surface area contributed by atoms with E-state index in [0.717, 1.165) is 12.3 Å². The van der Waals surface area contributed by atoms with E-state index in [1.807, 2.05) is 0 Å². The maximum absolute atomic E-state index is 12.4. The number of ether oxygens (including phenoxy) is 1. The van der Waals surface area contributed by atoms with Crippen molar-refractivity contribution in [3.05, 3.63) is 29.6 Å². The van der Waals surface area contributed by atoms with E-state index in [1.165, 1.54) is 0 Å². The molecule has 1 amide bonds. The minimum atomic E-state index is -4.58. The van der Waals surface area contributed by atoms with Gasteiger partial charge in [-0.1, -0.05) is 0 Å². The van der Waals surface area contributed by atoms with Crippen molar-refractivity contribution in [2.24, 2.45) is 0 Å². The van der Waals surface area contributed by atoms with Gasteiger partial charge in [0.25, 0.3) is 5.91 Å². The van der Waals surface area contributed by atoms with Crippen molar-refractivity contribution in [2.45, 2.75) is 24.6 Å². The molecule has 1 saturated heterocycles. The summed E-state index contributed by atoms with van der Waals surface area (Å²) >= 11 is 0. The molecular formula is C13H13F3N2O4. The first-order valence-electron chi connectivity index (χ1n) is 6.37. The van der Waals surface area contributed by atoms with Crippen LogP contribution in [0.4, 0.5) is 13.2 Å². The molecule has 2 heterocycles. The van der Waals surface area contributed by atoms with Crippen molar-refractivity contribution in [1.82, 2.24) is 10.3 Å². The largest absolute Gasteiger partial charge is 0.481 e. The monoisotopic (exact) mass is 318 g/mol. The lowest BCUT2D eigenvalue weighted by molar-refractivity contribution is -0.141. The van der Waals surface area contributed by atoms with Gasteiger partial charge >= 0.3 is 12.1 Å². The smallest absolute Gasteiger partial charge is 0.433 e. The number of aromatic nitrogens is 1. The Kier molecular flexibility index (Phi) is 4.36. The number of amides is 1. The number of hydrogen-bond donors (Lipinski definition) is 2. The lowest BCUT2D eigenvalue weighted by Crippen LogP contribution is -2.50. The Labute approximate surface area is 123 Å². The molecule has 22 heavy (non-hydrogen) atoms. The number of rotatable bonds is 4. The van der Waals surface area contributed by atoms with Crippen LogP contribution in [0.25, 0.3) is 0 Å². The number of carboxylic acid groups (broad SMARTS) is 1. The Morgan fingerprint density at radius 2 is 2.14 bits per heavy atom. The number of nitrogens with one attached hydrogen (secondary N) is 1. The number of carbonyl (C=O) groups is 2. The van der Waals surface area contributed by atoms with Crippen molar-refractivity contribution in [2.75, 3.05) is 13.2 Å². The minimum Gasteiger partial charge on any atom is -0.481 e. The van der Waals surface area contributed by atoms with Gasteiger partial charge in [-0.3, -0.25) is 14.6 Å². The molecule has 9 heteroatoms. The Bertz CT molecular complexity index is 566. The molecular weight excluding hydrogens is 305 g/mol. The van der Waals surface area contributed by atoms with Crippen molar-refractivity contribution in [3.63, 3.8) is 0 Å². The topological polar surface area (TPSA) is 88.5 Å². The van der Waals surface area contributed by atoms with Gasteiger partial charge in [0.05, 0.1) is 24.1 Å². The molecule has 6 nitrogen and oxygen atoms in total. The Morgan fingerprint density at radius 3 is 2.59 bits per heavy atom. The average molecular weight is 318 g/mol. The lowest BCUT2D eigenvalue weighted by atomic mass is 9.94. The first kappa shape index (κ1) is 16.2. The molecule has 1 aromatic heterocycles. The zero-order valence-corrected chi connectivity index (χ0v) is 11.3. The van der Waals surface area contributed by atoms with Crippen LogP contribution in [0.15, 0.2) is 18.3 Å². The van der Waals surface area contributed by atoms with Crippen molar-refractivity contribution in [1.29, 1.82) is 0 Å². The van der Waals surface area contributed by atoms with Gasteiger partial charge in [0.15, 0.2) is 0 Å². The first-order valence-corrected chi connectivity index (χ1v) is 6.37. The van der Waals surface area contributed by atoms with Gasteiger partial charge in [0.1, 0.15) is 5.69 Å². The van der Waals surface area contributed by atoms with E-state index in [4.69, 9.17) is 9.84 Å². The second kappa shape index (κ2) is 5.91. The highest BCUT2D eigenvalue weighted by molar-refractivity contribution is 5.94. The van der Waals surface area contributed by atoms with E-state index < -0.39 is 29.3 Å². The van der Waals surface area contributed by atoms with Crippen LogP contribution in [0.5, 0.6) is 0 Å². The highest BCUT2D eigenvalue weighted by atomic mass is 19.4. The fourth-order valence-corrected chi connectivity index (χ4v) is 2.19. The summed E-state index contributed by atoms with van der Waals surface area (Å²) < 4.78 is 42.3. The van der Waals surface area contributed by atoms with Crippen LogP contribution in [0, 0.1) is 0 Å². The highest BCUT2D eigenvalue weighted by Crippen LogP contribution is 2.27. The van der Waals surface area contributed by atoms with Crippen LogP contribution in [0.1, 0.15) is 28.9 Å².